The third-order valence-corrected chi connectivity index (χ3v) is 4.14. The van der Waals surface area contributed by atoms with Crippen LogP contribution < -0.4 is 12.4 Å². The first-order chi connectivity index (χ1) is 9.40. The molecule has 0 aliphatic heterocycles. The minimum Gasteiger partial charge on any atom is -1.00 e. The number of aliphatic hydroxyl groups is 1. The number of hydrogen-bond donors (Lipinski definition) is 2. The summed E-state index contributed by atoms with van der Waals surface area (Å²) in [4.78, 5) is 3.18. The number of fused-ring (bicyclic) bond motifs is 1. The third kappa shape index (κ3) is 4.45. The molecule has 0 aliphatic carbocycles. The van der Waals surface area contributed by atoms with E-state index in [1.54, 1.807) is 0 Å². The normalized spacial score (nSPS) is 13.4. The van der Waals surface area contributed by atoms with Crippen LogP contribution >= 0.6 is 0 Å². The number of aliphatic hydroxyl groups excluding tert-OH is 1. The van der Waals surface area contributed by atoms with Gasteiger partial charge in [-0.2, -0.15) is 0 Å². The van der Waals surface area contributed by atoms with Crippen molar-refractivity contribution >= 4 is 10.9 Å². The number of benzene rings is 1. The molecule has 2 rings (SSSR count). The molecule has 1 aromatic heterocycles. The Bertz CT molecular complexity index is 566. The highest BCUT2D eigenvalue weighted by molar-refractivity contribution is 5.82. The van der Waals surface area contributed by atoms with Crippen molar-refractivity contribution in [2.24, 2.45) is 0 Å². The number of aromatic nitrogens is 1. The highest BCUT2D eigenvalue weighted by atomic mass is 35.5. The number of aromatic amines is 1. The number of likely N-dealkylation sites (N-methyl/N-ethyl adjacent to an activating group) is 1. The molecular weight excluding hydrogens is 288 g/mol. The van der Waals surface area contributed by atoms with E-state index in [0.717, 1.165) is 20.9 Å². The lowest BCUT2D eigenvalue weighted by Gasteiger charge is -2.35. The second kappa shape index (κ2) is 7.27. The van der Waals surface area contributed by atoms with Crippen molar-refractivity contribution in [3.63, 3.8) is 0 Å². The molecule has 4 nitrogen and oxygen atoms in total. The lowest BCUT2D eigenvalue weighted by molar-refractivity contribution is -0.916. The van der Waals surface area contributed by atoms with Gasteiger partial charge in [-0.25, -0.2) is 0 Å². The van der Waals surface area contributed by atoms with Gasteiger partial charge in [-0.05, 0) is 31.5 Å². The van der Waals surface area contributed by atoms with Crippen molar-refractivity contribution in [2.45, 2.75) is 32.8 Å². The summed E-state index contributed by atoms with van der Waals surface area (Å²) in [6.07, 6.45) is 1.17. The zero-order valence-corrected chi connectivity index (χ0v) is 13.9. The Hall–Kier alpha value is -1.07. The van der Waals surface area contributed by atoms with Crippen LogP contribution in [0.5, 0.6) is 0 Å². The molecule has 0 spiro atoms. The average Bonchev–Trinajstić information content (AvgIpc) is 2.84. The summed E-state index contributed by atoms with van der Waals surface area (Å²) in [7, 11) is 4.20. The molecule has 2 aromatic rings. The lowest BCUT2D eigenvalue weighted by Crippen LogP contribution is -3.00. The van der Waals surface area contributed by atoms with Crippen LogP contribution in [0.3, 0.4) is 0 Å². The van der Waals surface area contributed by atoms with Gasteiger partial charge in [0.05, 0.1) is 26.7 Å². The number of ether oxygens (including phenoxy) is 1. The molecule has 0 bridgehead atoms. The molecule has 118 valence electrons. The predicted octanol–water partition coefficient (Wildman–Crippen LogP) is -0.508. The predicted molar refractivity (Wildman–Crippen MR) is 81.2 cm³/mol. The Morgan fingerprint density at radius 3 is 2.62 bits per heavy atom. The number of nitrogens with zero attached hydrogens (tertiary/aromatic N) is 1. The number of hydrogen-bond acceptors (Lipinski definition) is 2. The van der Waals surface area contributed by atoms with Gasteiger partial charge in [0, 0.05) is 17.1 Å². The fourth-order valence-electron chi connectivity index (χ4n) is 2.13. The molecule has 0 fully saturated rings. The molecule has 2 N–H and O–H groups in total. The van der Waals surface area contributed by atoms with Crippen LogP contribution in [0.4, 0.5) is 0 Å². The van der Waals surface area contributed by atoms with E-state index in [9.17, 15) is 5.11 Å². The van der Waals surface area contributed by atoms with Crippen LogP contribution in [-0.2, 0) is 11.3 Å². The first kappa shape index (κ1) is 18.0. The zero-order chi connectivity index (χ0) is 14.8. The van der Waals surface area contributed by atoms with Gasteiger partial charge < -0.3 is 31.7 Å². The van der Waals surface area contributed by atoms with Crippen molar-refractivity contribution in [2.75, 3.05) is 20.6 Å². The van der Waals surface area contributed by atoms with E-state index in [4.69, 9.17) is 4.74 Å². The van der Waals surface area contributed by atoms with Gasteiger partial charge in [0.25, 0.3) is 0 Å². The van der Waals surface area contributed by atoms with Crippen LogP contribution in [0.2, 0.25) is 0 Å². The standard InChI is InChI=1S/C16H25N2O2.ClH/c1-12(2)18(3,4)10-16(19)20-11-13-6-5-7-15-14(13)8-9-17-15;/h5-9,12,16-17,19H,10-11H2,1-4H3;1H/q+1;/p-1. The van der Waals surface area contributed by atoms with Crippen molar-refractivity contribution in [3.8, 4) is 0 Å². The molecule has 0 saturated heterocycles. The maximum Gasteiger partial charge on any atom is 0.205 e. The minimum absolute atomic E-state index is 0. The lowest BCUT2D eigenvalue weighted by atomic mass is 10.1. The molecule has 0 saturated carbocycles. The third-order valence-electron chi connectivity index (χ3n) is 4.14. The molecule has 0 radical (unpaired) electrons. The molecule has 1 atom stereocenters. The largest absolute Gasteiger partial charge is 1.00 e. The Labute approximate surface area is 132 Å². The van der Waals surface area contributed by atoms with Gasteiger partial charge in [0.1, 0.15) is 6.54 Å². The first-order valence-corrected chi connectivity index (χ1v) is 7.07. The van der Waals surface area contributed by atoms with Crippen molar-refractivity contribution in [1.82, 2.24) is 4.98 Å². The van der Waals surface area contributed by atoms with Crippen molar-refractivity contribution < 1.29 is 26.7 Å². The van der Waals surface area contributed by atoms with Crippen LogP contribution in [0, 0.1) is 0 Å². The molecule has 1 aromatic carbocycles. The highest BCUT2D eigenvalue weighted by Gasteiger charge is 2.24. The smallest absolute Gasteiger partial charge is 0.205 e. The van der Waals surface area contributed by atoms with E-state index in [1.165, 1.54) is 0 Å². The number of rotatable bonds is 6. The SMILES string of the molecule is CC(C)[N+](C)(C)CC(O)OCc1cccc2[nH]ccc12.[Cl-]. The summed E-state index contributed by atoms with van der Waals surface area (Å²) < 4.78 is 6.35. The second-order valence-corrected chi connectivity index (χ2v) is 6.18. The molecule has 0 amide bonds. The van der Waals surface area contributed by atoms with Crippen LogP contribution in [0.15, 0.2) is 30.5 Å². The molecule has 5 heteroatoms. The zero-order valence-electron chi connectivity index (χ0n) is 13.1. The number of halogens is 1. The number of quaternary nitrogens is 1. The van der Waals surface area contributed by atoms with E-state index in [-0.39, 0.29) is 12.4 Å². The Morgan fingerprint density at radius 2 is 1.95 bits per heavy atom. The first-order valence-electron chi connectivity index (χ1n) is 7.07. The van der Waals surface area contributed by atoms with Gasteiger partial charge in [-0.1, -0.05) is 12.1 Å². The molecule has 21 heavy (non-hydrogen) atoms. The van der Waals surface area contributed by atoms with E-state index >= 15 is 0 Å². The summed E-state index contributed by atoms with van der Waals surface area (Å²) in [6, 6.07) is 8.55. The fraction of sp³-hybridized carbons (Fsp3) is 0.500. The van der Waals surface area contributed by atoms with E-state index in [2.05, 4.69) is 32.9 Å². The molecule has 1 heterocycles. The van der Waals surface area contributed by atoms with Crippen molar-refractivity contribution in [1.29, 1.82) is 0 Å². The summed E-state index contributed by atoms with van der Waals surface area (Å²) in [5, 5.41) is 11.2. The maximum atomic E-state index is 10.1. The van der Waals surface area contributed by atoms with Crippen LogP contribution in [0.25, 0.3) is 10.9 Å². The molecule has 1 unspecified atom stereocenters. The van der Waals surface area contributed by atoms with E-state index < -0.39 is 6.29 Å². The monoisotopic (exact) mass is 312 g/mol. The quantitative estimate of drug-likeness (QED) is 0.557. The summed E-state index contributed by atoms with van der Waals surface area (Å²) >= 11 is 0. The number of nitrogens with one attached hydrogen (secondary N) is 1. The minimum atomic E-state index is -0.749. The maximum absolute atomic E-state index is 10.1. The van der Waals surface area contributed by atoms with Gasteiger partial charge in [-0.15, -0.1) is 0 Å². The summed E-state index contributed by atoms with van der Waals surface area (Å²) in [5.74, 6) is 0. The van der Waals surface area contributed by atoms with Gasteiger partial charge >= 0.3 is 0 Å². The van der Waals surface area contributed by atoms with E-state index in [1.807, 2.05) is 30.5 Å². The van der Waals surface area contributed by atoms with Crippen LogP contribution in [-0.4, -0.2) is 47.5 Å². The van der Waals surface area contributed by atoms with Gasteiger partial charge in [0.2, 0.25) is 6.29 Å². The average molecular weight is 313 g/mol. The Kier molecular flexibility index (Phi) is 6.23. The highest BCUT2D eigenvalue weighted by Crippen LogP contribution is 2.19. The topological polar surface area (TPSA) is 45.2 Å². The fourth-order valence-corrected chi connectivity index (χ4v) is 2.13. The van der Waals surface area contributed by atoms with Gasteiger partial charge in [0.15, 0.2) is 0 Å². The van der Waals surface area contributed by atoms with Crippen molar-refractivity contribution in [3.05, 3.63) is 36.0 Å². The molecule has 0 aliphatic rings. The molecular formula is C16H25ClN2O2. The summed E-state index contributed by atoms with van der Waals surface area (Å²) in [6.45, 7) is 5.30. The number of H-pyrrole nitrogens is 1. The Morgan fingerprint density at radius 1 is 1.24 bits per heavy atom. The van der Waals surface area contributed by atoms with E-state index in [0.29, 0.717) is 19.2 Å². The van der Waals surface area contributed by atoms with Crippen LogP contribution in [0.1, 0.15) is 19.4 Å². The second-order valence-electron chi connectivity index (χ2n) is 6.18. The van der Waals surface area contributed by atoms with Gasteiger partial charge in [-0.3, -0.25) is 0 Å². The summed E-state index contributed by atoms with van der Waals surface area (Å²) in [5.41, 5.74) is 2.19. The Balaban J connectivity index is 0.00000220.